The monoisotopic (exact) mass is 255 g/mol. The molecule has 2 nitrogen and oxygen atoms in total. The first kappa shape index (κ1) is 13.6. The minimum Gasteiger partial charge on any atom is -0.489 e. The van der Waals surface area contributed by atoms with Crippen molar-refractivity contribution in [3.8, 4) is 5.75 Å². The van der Waals surface area contributed by atoms with Crippen LogP contribution in [0.4, 0.5) is 0 Å². The average molecular weight is 255 g/mol. The van der Waals surface area contributed by atoms with Crippen molar-refractivity contribution >= 4 is 0 Å². The maximum absolute atomic E-state index is 5.78. The summed E-state index contributed by atoms with van der Waals surface area (Å²) in [6, 6.07) is 16.8. The van der Waals surface area contributed by atoms with Gasteiger partial charge in [-0.1, -0.05) is 42.0 Å². The third-order valence-corrected chi connectivity index (χ3v) is 3.01. The van der Waals surface area contributed by atoms with Crippen LogP contribution in [0.1, 0.15) is 23.6 Å². The van der Waals surface area contributed by atoms with Gasteiger partial charge in [-0.25, -0.2) is 0 Å². The number of benzene rings is 2. The number of ether oxygens (including phenoxy) is 1. The van der Waals surface area contributed by atoms with Gasteiger partial charge in [-0.05, 0) is 43.5 Å². The Morgan fingerprint density at radius 3 is 2.11 bits per heavy atom. The number of hydrogen-bond acceptors (Lipinski definition) is 2. The Hall–Kier alpha value is -1.80. The smallest absolute Gasteiger partial charge is 0.119 e. The molecule has 2 rings (SSSR count). The van der Waals surface area contributed by atoms with Crippen LogP contribution in [-0.4, -0.2) is 6.04 Å². The fourth-order valence-electron chi connectivity index (χ4n) is 1.94. The summed E-state index contributed by atoms with van der Waals surface area (Å²) in [6.45, 7) is 4.70. The first-order valence-electron chi connectivity index (χ1n) is 6.66. The molecule has 0 aliphatic heterocycles. The lowest BCUT2D eigenvalue weighted by molar-refractivity contribution is 0.306. The van der Waals surface area contributed by atoms with Gasteiger partial charge in [-0.15, -0.1) is 0 Å². The summed E-state index contributed by atoms with van der Waals surface area (Å²) in [6.07, 6.45) is 0.901. The maximum atomic E-state index is 5.78. The topological polar surface area (TPSA) is 35.2 Å². The Morgan fingerprint density at radius 1 is 0.947 bits per heavy atom. The van der Waals surface area contributed by atoms with Gasteiger partial charge in [0.15, 0.2) is 0 Å². The first-order valence-corrected chi connectivity index (χ1v) is 6.66. The Bertz CT molecular complexity index is 500. The maximum Gasteiger partial charge on any atom is 0.119 e. The molecular weight excluding hydrogens is 234 g/mol. The minimum atomic E-state index is 0.194. The molecule has 2 aromatic rings. The predicted octanol–water partition coefficient (Wildman–Crippen LogP) is 3.46. The van der Waals surface area contributed by atoms with Crippen LogP contribution >= 0.6 is 0 Å². The predicted molar refractivity (Wildman–Crippen MR) is 79.3 cm³/mol. The van der Waals surface area contributed by atoms with Crippen molar-refractivity contribution in [1.82, 2.24) is 0 Å². The van der Waals surface area contributed by atoms with Crippen LogP contribution in [0, 0.1) is 6.92 Å². The molecular formula is C17H21NO. The largest absolute Gasteiger partial charge is 0.489 e. The Kier molecular flexibility index (Phi) is 4.58. The third-order valence-electron chi connectivity index (χ3n) is 3.01. The molecule has 2 heteroatoms. The second-order valence-electron chi connectivity index (χ2n) is 5.10. The molecule has 1 atom stereocenters. The summed E-state index contributed by atoms with van der Waals surface area (Å²) >= 11 is 0. The van der Waals surface area contributed by atoms with Gasteiger partial charge in [0.2, 0.25) is 0 Å². The lowest BCUT2D eigenvalue weighted by Crippen LogP contribution is -2.17. The molecule has 0 amide bonds. The zero-order valence-electron chi connectivity index (χ0n) is 11.6. The van der Waals surface area contributed by atoms with E-state index in [1.165, 1.54) is 16.7 Å². The van der Waals surface area contributed by atoms with Crippen LogP contribution in [-0.2, 0) is 13.0 Å². The second kappa shape index (κ2) is 6.39. The van der Waals surface area contributed by atoms with Crippen LogP contribution < -0.4 is 10.5 Å². The standard InChI is InChI=1S/C17H21NO/c1-13-3-5-16(6-4-13)12-19-17-9-7-15(8-10-17)11-14(2)18/h3-10,14H,11-12,18H2,1-2H3. The highest BCUT2D eigenvalue weighted by atomic mass is 16.5. The van der Waals surface area contributed by atoms with Gasteiger partial charge >= 0.3 is 0 Å². The number of nitrogens with two attached hydrogens (primary N) is 1. The average Bonchev–Trinajstić information content (AvgIpc) is 2.39. The molecule has 0 aliphatic carbocycles. The third kappa shape index (κ3) is 4.42. The molecule has 0 heterocycles. The summed E-state index contributed by atoms with van der Waals surface area (Å²) in [7, 11) is 0. The fraction of sp³-hybridized carbons (Fsp3) is 0.294. The van der Waals surface area contributed by atoms with Gasteiger partial charge in [0.05, 0.1) is 0 Å². The van der Waals surface area contributed by atoms with E-state index < -0.39 is 0 Å². The van der Waals surface area contributed by atoms with Gasteiger partial charge in [-0.2, -0.15) is 0 Å². The molecule has 100 valence electrons. The summed E-state index contributed by atoms with van der Waals surface area (Å²) in [5.41, 5.74) is 9.48. The van der Waals surface area contributed by atoms with Crippen LogP contribution in [0.5, 0.6) is 5.75 Å². The number of rotatable bonds is 5. The van der Waals surface area contributed by atoms with E-state index in [-0.39, 0.29) is 6.04 Å². The van der Waals surface area contributed by atoms with Gasteiger partial charge < -0.3 is 10.5 Å². The van der Waals surface area contributed by atoms with Crippen LogP contribution in [0.15, 0.2) is 48.5 Å². The summed E-state index contributed by atoms with van der Waals surface area (Å²) in [4.78, 5) is 0. The Morgan fingerprint density at radius 2 is 1.53 bits per heavy atom. The fourth-order valence-corrected chi connectivity index (χ4v) is 1.94. The van der Waals surface area contributed by atoms with Crippen molar-refractivity contribution in [2.45, 2.75) is 32.9 Å². The van der Waals surface area contributed by atoms with Crippen molar-refractivity contribution in [3.05, 3.63) is 65.2 Å². The number of hydrogen-bond donors (Lipinski definition) is 1. The highest BCUT2D eigenvalue weighted by molar-refractivity contribution is 5.28. The molecule has 0 saturated carbocycles. The van der Waals surface area contributed by atoms with E-state index in [0.717, 1.165) is 12.2 Å². The molecule has 19 heavy (non-hydrogen) atoms. The van der Waals surface area contributed by atoms with E-state index >= 15 is 0 Å². The van der Waals surface area contributed by atoms with Crippen molar-refractivity contribution in [3.63, 3.8) is 0 Å². The van der Waals surface area contributed by atoms with Gasteiger partial charge in [0.1, 0.15) is 12.4 Å². The SMILES string of the molecule is Cc1ccc(COc2ccc(CC(C)N)cc2)cc1. The van der Waals surface area contributed by atoms with E-state index in [4.69, 9.17) is 10.5 Å². The second-order valence-corrected chi connectivity index (χ2v) is 5.10. The first-order chi connectivity index (χ1) is 9.13. The summed E-state index contributed by atoms with van der Waals surface area (Å²) < 4.78 is 5.76. The zero-order valence-corrected chi connectivity index (χ0v) is 11.6. The molecule has 0 saturated heterocycles. The lowest BCUT2D eigenvalue weighted by Gasteiger charge is -2.09. The summed E-state index contributed by atoms with van der Waals surface area (Å²) in [5.74, 6) is 0.897. The van der Waals surface area contributed by atoms with Crippen molar-refractivity contribution < 1.29 is 4.74 Å². The van der Waals surface area contributed by atoms with Crippen LogP contribution in [0.2, 0.25) is 0 Å². The highest BCUT2D eigenvalue weighted by Gasteiger charge is 1.99. The quantitative estimate of drug-likeness (QED) is 0.888. The lowest BCUT2D eigenvalue weighted by atomic mass is 10.1. The molecule has 2 N–H and O–H groups in total. The molecule has 0 aromatic heterocycles. The van der Waals surface area contributed by atoms with E-state index in [2.05, 4.69) is 43.3 Å². The highest BCUT2D eigenvalue weighted by Crippen LogP contribution is 2.15. The van der Waals surface area contributed by atoms with Crippen molar-refractivity contribution in [2.24, 2.45) is 5.73 Å². The van der Waals surface area contributed by atoms with Crippen LogP contribution in [0.3, 0.4) is 0 Å². The Labute approximate surface area is 115 Å². The number of aryl methyl sites for hydroxylation is 1. The van der Waals surface area contributed by atoms with Crippen molar-refractivity contribution in [1.29, 1.82) is 0 Å². The van der Waals surface area contributed by atoms with Gasteiger partial charge in [0.25, 0.3) is 0 Å². The molecule has 0 bridgehead atoms. The van der Waals surface area contributed by atoms with Crippen molar-refractivity contribution in [2.75, 3.05) is 0 Å². The van der Waals surface area contributed by atoms with E-state index in [1.54, 1.807) is 0 Å². The zero-order chi connectivity index (χ0) is 13.7. The van der Waals surface area contributed by atoms with Crippen LogP contribution in [0.25, 0.3) is 0 Å². The van der Waals surface area contributed by atoms with Gasteiger partial charge in [-0.3, -0.25) is 0 Å². The van der Waals surface area contributed by atoms with E-state index in [1.807, 2.05) is 19.1 Å². The molecule has 0 radical (unpaired) electrons. The van der Waals surface area contributed by atoms with Gasteiger partial charge in [0, 0.05) is 6.04 Å². The van der Waals surface area contributed by atoms with E-state index in [0.29, 0.717) is 6.61 Å². The normalized spacial score (nSPS) is 12.2. The molecule has 1 unspecified atom stereocenters. The molecule has 2 aromatic carbocycles. The Balaban J connectivity index is 1.91. The summed E-state index contributed by atoms with van der Waals surface area (Å²) in [5, 5.41) is 0. The minimum absolute atomic E-state index is 0.194. The molecule has 0 fully saturated rings. The van der Waals surface area contributed by atoms with E-state index in [9.17, 15) is 0 Å². The molecule has 0 spiro atoms. The molecule has 0 aliphatic rings.